The Morgan fingerprint density at radius 1 is 0.833 bits per heavy atom. The summed E-state index contributed by atoms with van der Waals surface area (Å²) in [5.41, 5.74) is 5.47. The Morgan fingerprint density at radius 2 is 1.58 bits per heavy atom. The maximum absolute atomic E-state index is 9.00. The highest BCUT2D eigenvalue weighted by atomic mass is 32.2. The molecule has 4 rings (SSSR count). The fourth-order valence-corrected chi connectivity index (χ4v) is 4.21. The van der Waals surface area contributed by atoms with E-state index in [-0.39, 0.29) is 6.61 Å². The van der Waals surface area contributed by atoms with Crippen LogP contribution in [0.1, 0.15) is 11.1 Å². The Labute approximate surface area is 146 Å². The minimum atomic E-state index is 0.0229. The Kier molecular flexibility index (Phi) is 4.28. The Hall–Kier alpha value is -2.23. The van der Waals surface area contributed by atoms with Crippen LogP contribution in [0.3, 0.4) is 0 Å². The van der Waals surface area contributed by atoms with E-state index in [9.17, 15) is 0 Å². The van der Waals surface area contributed by atoms with E-state index < -0.39 is 0 Å². The van der Waals surface area contributed by atoms with Gasteiger partial charge in [-0.15, -0.1) is 0 Å². The molecule has 1 aliphatic rings. The lowest BCUT2D eigenvalue weighted by atomic mass is 10.1. The van der Waals surface area contributed by atoms with Crippen LogP contribution in [0.5, 0.6) is 5.75 Å². The van der Waals surface area contributed by atoms with Gasteiger partial charge < -0.3 is 9.84 Å². The molecule has 3 aromatic rings. The van der Waals surface area contributed by atoms with Crippen LogP contribution in [0, 0.1) is 0 Å². The van der Waals surface area contributed by atoms with E-state index in [4.69, 9.17) is 9.84 Å². The van der Waals surface area contributed by atoms with E-state index in [0.717, 1.165) is 17.1 Å². The molecule has 2 nitrogen and oxygen atoms in total. The van der Waals surface area contributed by atoms with E-state index in [1.54, 1.807) is 11.8 Å². The van der Waals surface area contributed by atoms with Gasteiger partial charge in [0.1, 0.15) is 12.4 Å². The summed E-state index contributed by atoms with van der Waals surface area (Å²) in [5.74, 6) is 0.824. The van der Waals surface area contributed by atoms with Crippen LogP contribution in [-0.4, -0.2) is 18.3 Å². The van der Waals surface area contributed by atoms with Crippen LogP contribution >= 0.6 is 11.8 Å². The molecule has 0 saturated carbocycles. The molecular weight excluding hydrogens is 316 g/mol. The molecule has 3 heteroatoms. The summed E-state index contributed by atoms with van der Waals surface area (Å²) in [6.45, 7) is 0.338. The molecule has 0 atom stereocenters. The van der Waals surface area contributed by atoms with Crippen LogP contribution in [0.2, 0.25) is 0 Å². The third-order valence-corrected chi connectivity index (χ3v) is 5.39. The van der Waals surface area contributed by atoms with Crippen molar-refractivity contribution in [3.05, 3.63) is 77.9 Å². The quantitative estimate of drug-likeness (QED) is 0.569. The molecule has 1 N–H and O–H groups in total. The zero-order valence-corrected chi connectivity index (χ0v) is 14.1. The third-order valence-electron chi connectivity index (χ3n) is 4.23. The highest BCUT2D eigenvalue weighted by Gasteiger charge is 2.21. The topological polar surface area (TPSA) is 29.5 Å². The van der Waals surface area contributed by atoms with Crippen LogP contribution in [0.4, 0.5) is 0 Å². The maximum Gasteiger partial charge on any atom is 0.133 e. The fourth-order valence-electron chi connectivity index (χ4n) is 3.15. The van der Waals surface area contributed by atoms with Gasteiger partial charge in [-0.2, -0.15) is 0 Å². The van der Waals surface area contributed by atoms with Crippen molar-refractivity contribution in [1.82, 2.24) is 0 Å². The van der Waals surface area contributed by atoms with E-state index in [1.165, 1.54) is 27.1 Å². The van der Waals surface area contributed by atoms with E-state index in [2.05, 4.69) is 48.5 Å². The zero-order chi connectivity index (χ0) is 16.4. The van der Waals surface area contributed by atoms with Gasteiger partial charge in [0.2, 0.25) is 0 Å². The van der Waals surface area contributed by atoms with Crippen LogP contribution in [0.15, 0.2) is 76.5 Å². The second-order valence-electron chi connectivity index (χ2n) is 5.74. The number of fused-ring (bicyclic) bond motifs is 3. The zero-order valence-electron chi connectivity index (χ0n) is 13.2. The van der Waals surface area contributed by atoms with E-state index in [0.29, 0.717) is 6.61 Å². The van der Waals surface area contributed by atoms with Crippen LogP contribution in [-0.2, 0) is 6.42 Å². The summed E-state index contributed by atoms with van der Waals surface area (Å²) < 4.78 is 5.67. The van der Waals surface area contributed by atoms with Crippen LogP contribution < -0.4 is 4.74 Å². The summed E-state index contributed by atoms with van der Waals surface area (Å²) in [6, 6.07) is 23.1. The first kappa shape index (κ1) is 15.3. The highest BCUT2D eigenvalue weighted by Crippen LogP contribution is 2.44. The molecule has 0 aliphatic heterocycles. The van der Waals surface area contributed by atoms with Gasteiger partial charge in [-0.1, -0.05) is 60.3 Å². The molecule has 120 valence electrons. The summed E-state index contributed by atoms with van der Waals surface area (Å²) in [7, 11) is 0. The summed E-state index contributed by atoms with van der Waals surface area (Å²) in [6.07, 6.45) is 0.981. The van der Waals surface area contributed by atoms with Gasteiger partial charge >= 0.3 is 0 Å². The van der Waals surface area contributed by atoms with Crippen molar-refractivity contribution in [1.29, 1.82) is 0 Å². The minimum Gasteiger partial charge on any atom is -0.490 e. The molecule has 0 saturated heterocycles. The number of benzene rings is 3. The van der Waals surface area contributed by atoms with Gasteiger partial charge in [0.25, 0.3) is 0 Å². The molecule has 0 fully saturated rings. The first-order valence-electron chi connectivity index (χ1n) is 8.07. The normalized spacial score (nSPS) is 11.9. The van der Waals surface area contributed by atoms with Gasteiger partial charge in [-0.25, -0.2) is 0 Å². The summed E-state index contributed by atoms with van der Waals surface area (Å²) >= 11 is 1.73. The van der Waals surface area contributed by atoms with Gasteiger partial charge in [0.15, 0.2) is 0 Å². The highest BCUT2D eigenvalue weighted by molar-refractivity contribution is 7.99. The van der Waals surface area contributed by atoms with Crippen molar-refractivity contribution in [3.63, 3.8) is 0 Å². The van der Waals surface area contributed by atoms with Crippen molar-refractivity contribution < 1.29 is 9.84 Å². The van der Waals surface area contributed by atoms with Gasteiger partial charge in [0.05, 0.1) is 11.5 Å². The predicted octanol–water partition coefficient (Wildman–Crippen LogP) is 4.78. The number of para-hydroxylation sites is 1. The molecule has 0 aromatic heterocycles. The van der Waals surface area contributed by atoms with Gasteiger partial charge in [-0.05, 0) is 46.9 Å². The molecule has 1 aliphatic carbocycles. The number of hydrogen-bond acceptors (Lipinski definition) is 3. The Balaban J connectivity index is 1.69. The largest absolute Gasteiger partial charge is 0.490 e. The molecule has 3 aromatic carbocycles. The Morgan fingerprint density at radius 3 is 2.50 bits per heavy atom. The monoisotopic (exact) mass is 334 g/mol. The molecule has 0 radical (unpaired) electrons. The Bertz CT molecular complexity index is 873. The fraction of sp³-hybridized carbons (Fsp3) is 0.143. The molecule has 0 unspecified atom stereocenters. The van der Waals surface area contributed by atoms with Gasteiger partial charge in [-0.3, -0.25) is 0 Å². The standard InChI is InChI=1S/C21H18O2S/c22-12-13-23-19-9-3-4-10-21(19)24-20-11-5-8-17-16-7-2-1-6-15(16)14-18(17)20/h1-11,22H,12-14H2. The maximum atomic E-state index is 9.00. The second-order valence-corrected chi connectivity index (χ2v) is 6.82. The summed E-state index contributed by atoms with van der Waals surface area (Å²) in [4.78, 5) is 2.35. The number of ether oxygens (including phenoxy) is 1. The van der Waals surface area contributed by atoms with E-state index >= 15 is 0 Å². The molecule has 24 heavy (non-hydrogen) atoms. The number of aliphatic hydroxyl groups is 1. The number of hydrogen-bond donors (Lipinski definition) is 1. The van der Waals surface area contributed by atoms with Crippen molar-refractivity contribution >= 4 is 11.8 Å². The summed E-state index contributed by atoms with van der Waals surface area (Å²) in [5, 5.41) is 9.00. The lowest BCUT2D eigenvalue weighted by Gasteiger charge is -2.12. The van der Waals surface area contributed by atoms with Crippen molar-refractivity contribution in [3.8, 4) is 16.9 Å². The lowest BCUT2D eigenvalue weighted by molar-refractivity contribution is 0.198. The third kappa shape index (κ3) is 2.81. The first-order valence-corrected chi connectivity index (χ1v) is 8.89. The molecule has 0 spiro atoms. The average molecular weight is 334 g/mol. The molecular formula is C21H18O2S. The smallest absolute Gasteiger partial charge is 0.133 e. The second kappa shape index (κ2) is 6.71. The SMILES string of the molecule is OCCOc1ccccc1Sc1cccc2c1Cc1ccccc1-2. The molecule has 0 bridgehead atoms. The van der Waals surface area contributed by atoms with Crippen molar-refractivity contribution in [2.24, 2.45) is 0 Å². The van der Waals surface area contributed by atoms with Crippen molar-refractivity contribution in [2.75, 3.05) is 13.2 Å². The number of aliphatic hydroxyl groups excluding tert-OH is 1. The van der Waals surface area contributed by atoms with E-state index in [1.807, 2.05) is 18.2 Å². The lowest BCUT2D eigenvalue weighted by Crippen LogP contribution is -2.02. The van der Waals surface area contributed by atoms with Gasteiger partial charge in [0, 0.05) is 4.90 Å². The minimum absolute atomic E-state index is 0.0229. The number of rotatable bonds is 5. The molecule has 0 amide bonds. The van der Waals surface area contributed by atoms with Crippen LogP contribution in [0.25, 0.3) is 11.1 Å². The van der Waals surface area contributed by atoms with Crippen molar-refractivity contribution in [2.45, 2.75) is 16.2 Å². The first-order chi connectivity index (χ1) is 11.9. The molecule has 0 heterocycles. The predicted molar refractivity (Wildman–Crippen MR) is 97.8 cm³/mol. The average Bonchev–Trinajstić information content (AvgIpc) is 3.01.